The first-order chi connectivity index (χ1) is 16.5. The monoisotopic (exact) mass is 532 g/mol. The fourth-order valence-corrected chi connectivity index (χ4v) is 11.8. The van der Waals surface area contributed by atoms with Gasteiger partial charge in [-0.1, -0.05) is 48.9 Å². The predicted octanol–water partition coefficient (Wildman–Crippen LogP) is 6.55. The average molecular weight is 533 g/mol. The van der Waals surface area contributed by atoms with E-state index >= 15 is 17.6 Å². The SMILES string of the molecule is O=C(CS1(OS(=O)(=O)C(F)(F)C(F)(F)C2CC3CCC2C3)CCCC1)c1cccc2ccccc12. The molecule has 2 bridgehead atoms. The van der Waals surface area contributed by atoms with Crippen LogP contribution in [-0.2, 0) is 13.7 Å². The number of carbonyl (C=O) groups excluding carboxylic acids is 1. The Morgan fingerprint density at radius 3 is 2.31 bits per heavy atom. The molecule has 2 aromatic carbocycles. The molecule has 3 fully saturated rings. The molecule has 2 aromatic rings. The van der Waals surface area contributed by atoms with E-state index in [2.05, 4.69) is 0 Å². The maximum atomic E-state index is 15.1. The molecule has 1 heterocycles. The van der Waals surface area contributed by atoms with E-state index in [4.69, 9.17) is 3.63 Å². The molecule has 0 aromatic heterocycles. The second kappa shape index (κ2) is 8.73. The Hall–Kier alpha value is -1.65. The normalized spacial score (nSPS) is 27.4. The average Bonchev–Trinajstić information content (AvgIpc) is 3.56. The molecule has 0 N–H and O–H groups in total. The summed E-state index contributed by atoms with van der Waals surface area (Å²) in [5, 5.41) is -3.90. The number of hydrogen-bond donors (Lipinski definition) is 0. The molecule has 4 nitrogen and oxygen atoms in total. The zero-order chi connectivity index (χ0) is 25.1. The van der Waals surface area contributed by atoms with E-state index in [1.54, 1.807) is 24.3 Å². The van der Waals surface area contributed by atoms with Crippen molar-refractivity contribution in [3.63, 3.8) is 0 Å². The van der Waals surface area contributed by atoms with E-state index in [1.165, 1.54) is 0 Å². The molecule has 3 atom stereocenters. The van der Waals surface area contributed by atoms with Gasteiger partial charge in [0.15, 0.2) is 5.78 Å². The van der Waals surface area contributed by atoms with Crippen LogP contribution in [0.2, 0.25) is 0 Å². The van der Waals surface area contributed by atoms with Gasteiger partial charge in [-0.2, -0.15) is 26.0 Å². The Morgan fingerprint density at radius 2 is 1.66 bits per heavy atom. The van der Waals surface area contributed by atoms with Gasteiger partial charge >= 0.3 is 21.3 Å². The topological polar surface area (TPSA) is 60.4 Å². The lowest BCUT2D eigenvalue weighted by Gasteiger charge is -2.38. The van der Waals surface area contributed by atoms with Crippen molar-refractivity contribution in [2.75, 3.05) is 17.3 Å². The third kappa shape index (κ3) is 4.19. The molecule has 35 heavy (non-hydrogen) atoms. The lowest BCUT2D eigenvalue weighted by molar-refractivity contribution is -0.202. The number of fused-ring (bicyclic) bond motifs is 3. The van der Waals surface area contributed by atoms with Crippen molar-refractivity contribution in [3.8, 4) is 0 Å². The van der Waals surface area contributed by atoms with Crippen LogP contribution in [0.25, 0.3) is 10.8 Å². The molecule has 0 spiro atoms. The standard InChI is InChI=1S/C25H28F4O4S2/c26-24(27,22-15-17-10-11-19(22)14-17)25(28,29)35(31,32)33-34(12-3-4-13-34)16-23(30)21-9-5-7-18-6-1-2-8-20(18)21/h1-2,5-9,17,19,22H,3-4,10-16H2. The smallest absolute Gasteiger partial charge is 0.293 e. The molecule has 2 aliphatic carbocycles. The fourth-order valence-electron chi connectivity index (χ4n) is 6.16. The molecule has 1 saturated heterocycles. The number of carbonyl (C=O) groups is 1. The first kappa shape index (κ1) is 25.0. The number of benzene rings is 2. The maximum absolute atomic E-state index is 15.1. The van der Waals surface area contributed by atoms with Crippen molar-refractivity contribution in [1.29, 1.82) is 0 Å². The summed E-state index contributed by atoms with van der Waals surface area (Å²) in [6, 6.07) is 12.3. The summed E-state index contributed by atoms with van der Waals surface area (Å²) < 4.78 is 91.1. The molecular weight excluding hydrogens is 504 g/mol. The van der Waals surface area contributed by atoms with E-state index in [1.807, 2.05) is 18.2 Å². The summed E-state index contributed by atoms with van der Waals surface area (Å²) in [6.07, 6.45) is 2.45. The van der Waals surface area contributed by atoms with Crippen LogP contribution in [0, 0.1) is 17.8 Å². The zero-order valence-corrected chi connectivity index (χ0v) is 20.7. The first-order valence-electron chi connectivity index (χ1n) is 11.9. The quantitative estimate of drug-likeness (QED) is 0.286. The van der Waals surface area contributed by atoms with Gasteiger partial charge in [0.2, 0.25) is 0 Å². The summed E-state index contributed by atoms with van der Waals surface area (Å²) in [5.41, 5.74) is 0.335. The molecule has 192 valence electrons. The minimum Gasteiger partial charge on any atom is -0.293 e. The Balaban J connectivity index is 1.41. The maximum Gasteiger partial charge on any atom is 0.432 e. The zero-order valence-electron chi connectivity index (χ0n) is 19.1. The van der Waals surface area contributed by atoms with Crippen molar-refractivity contribution < 1.29 is 34.4 Å². The molecule has 3 unspecified atom stereocenters. The lowest BCUT2D eigenvalue weighted by atomic mass is 9.84. The first-order valence-corrected chi connectivity index (χ1v) is 15.4. The van der Waals surface area contributed by atoms with E-state index < -0.39 is 55.0 Å². The van der Waals surface area contributed by atoms with Crippen LogP contribution in [0.4, 0.5) is 17.6 Å². The minimum absolute atomic E-state index is 0.0552. The molecule has 5 rings (SSSR count). The van der Waals surface area contributed by atoms with Crippen LogP contribution in [0.5, 0.6) is 0 Å². The van der Waals surface area contributed by atoms with Crippen molar-refractivity contribution in [1.82, 2.24) is 0 Å². The van der Waals surface area contributed by atoms with E-state index in [0.29, 0.717) is 36.6 Å². The number of halogens is 4. The molecule has 2 saturated carbocycles. The largest absolute Gasteiger partial charge is 0.432 e. The summed E-state index contributed by atoms with van der Waals surface area (Å²) >= 11 is 0. The van der Waals surface area contributed by atoms with Crippen molar-refractivity contribution >= 4 is 37.0 Å². The Morgan fingerprint density at radius 1 is 0.971 bits per heavy atom. The number of alkyl halides is 4. The van der Waals surface area contributed by atoms with Gasteiger partial charge in [0.25, 0.3) is 0 Å². The molecule has 10 heteroatoms. The summed E-state index contributed by atoms with van der Waals surface area (Å²) in [7, 11) is -8.85. The van der Waals surface area contributed by atoms with Gasteiger partial charge in [0, 0.05) is 23.0 Å². The number of ketones is 1. The lowest BCUT2D eigenvalue weighted by Crippen LogP contribution is -2.53. The molecule has 1 aliphatic heterocycles. The van der Waals surface area contributed by atoms with Gasteiger partial charge < -0.3 is 0 Å². The highest BCUT2D eigenvalue weighted by Crippen LogP contribution is 2.62. The van der Waals surface area contributed by atoms with Crippen LogP contribution < -0.4 is 0 Å². The molecule has 0 amide bonds. The van der Waals surface area contributed by atoms with Crippen LogP contribution in [0.1, 0.15) is 48.9 Å². The second-order valence-electron chi connectivity index (χ2n) is 10.1. The highest BCUT2D eigenvalue weighted by atomic mass is 32.3. The fraction of sp³-hybridized carbons (Fsp3) is 0.560. The van der Waals surface area contributed by atoms with Gasteiger partial charge in [-0.15, -0.1) is 10.3 Å². The van der Waals surface area contributed by atoms with Gasteiger partial charge in [-0.05, 0) is 54.7 Å². The van der Waals surface area contributed by atoms with E-state index in [-0.39, 0.29) is 23.8 Å². The number of hydrogen-bond acceptors (Lipinski definition) is 4. The molecule has 0 radical (unpaired) electrons. The van der Waals surface area contributed by atoms with E-state index in [0.717, 1.165) is 11.8 Å². The minimum atomic E-state index is -5.98. The highest BCUT2D eigenvalue weighted by Gasteiger charge is 2.72. The van der Waals surface area contributed by atoms with Crippen LogP contribution in [0.3, 0.4) is 0 Å². The van der Waals surface area contributed by atoms with Gasteiger partial charge in [-0.3, -0.25) is 4.79 Å². The number of rotatable bonds is 8. The summed E-state index contributed by atoms with van der Waals surface area (Å²) in [6.45, 7) is 0. The molecule has 3 aliphatic rings. The highest BCUT2D eigenvalue weighted by molar-refractivity contribution is 8.33. The van der Waals surface area contributed by atoms with Gasteiger partial charge in [0.1, 0.15) is 0 Å². The van der Waals surface area contributed by atoms with Crippen molar-refractivity contribution in [2.45, 2.75) is 49.7 Å². The Labute approximate surface area is 204 Å². The predicted molar refractivity (Wildman–Crippen MR) is 129 cm³/mol. The van der Waals surface area contributed by atoms with Crippen LogP contribution >= 0.6 is 10.3 Å². The van der Waals surface area contributed by atoms with Gasteiger partial charge in [-0.25, -0.2) is 3.63 Å². The third-order valence-corrected chi connectivity index (χ3v) is 13.5. The van der Waals surface area contributed by atoms with Crippen LogP contribution in [0.15, 0.2) is 42.5 Å². The summed E-state index contributed by atoms with van der Waals surface area (Å²) in [4.78, 5) is 13.3. The van der Waals surface area contributed by atoms with E-state index in [9.17, 15) is 13.2 Å². The van der Waals surface area contributed by atoms with Gasteiger partial charge in [0.05, 0.1) is 5.75 Å². The van der Waals surface area contributed by atoms with Crippen molar-refractivity contribution in [3.05, 3.63) is 48.0 Å². The van der Waals surface area contributed by atoms with Crippen LogP contribution in [-0.4, -0.2) is 42.6 Å². The summed E-state index contributed by atoms with van der Waals surface area (Å²) in [5.74, 6) is -7.67. The number of Topliss-reactive ketones (excluding diaryl/α,β-unsaturated/α-hetero) is 1. The second-order valence-corrected chi connectivity index (χ2v) is 15.1. The molecular formula is C25H28F4O4S2. The third-order valence-electron chi connectivity index (χ3n) is 7.91. The Bertz CT molecular complexity index is 1240. The van der Waals surface area contributed by atoms with Crippen molar-refractivity contribution in [2.24, 2.45) is 17.8 Å². The Kier molecular flexibility index (Phi) is 6.24.